The van der Waals surface area contributed by atoms with Crippen LogP contribution < -0.4 is 9.47 Å². The number of carbonyl (C=O) groups excluding carboxylic acids is 1. The molecule has 0 radical (unpaired) electrons. The number of aromatic hydroxyl groups is 1. The van der Waals surface area contributed by atoms with Crippen LogP contribution in [0, 0.1) is 0 Å². The number of phenols is 1. The van der Waals surface area contributed by atoms with Crippen molar-refractivity contribution in [3.8, 4) is 17.2 Å². The molecule has 1 aliphatic heterocycles. The van der Waals surface area contributed by atoms with Crippen LogP contribution in [0.2, 0.25) is 5.02 Å². The van der Waals surface area contributed by atoms with Gasteiger partial charge in [0.05, 0.1) is 17.7 Å². The molecule has 1 heterocycles. The van der Waals surface area contributed by atoms with E-state index in [9.17, 15) is 9.90 Å². The van der Waals surface area contributed by atoms with Crippen LogP contribution in [0.25, 0.3) is 16.8 Å². The largest absolute Gasteiger partial charge is 0.503 e. The van der Waals surface area contributed by atoms with E-state index in [4.69, 9.17) is 21.1 Å². The fraction of sp³-hybridized carbons (Fsp3) is 0.0500. The number of methoxy groups -OCH3 is 1. The minimum atomic E-state index is -0.185. The second-order valence-electron chi connectivity index (χ2n) is 5.65. The Bertz CT molecular complexity index is 1050. The molecule has 0 amide bonds. The lowest BCUT2D eigenvalue weighted by atomic mass is 10.0. The highest BCUT2D eigenvalue weighted by atomic mass is 35.5. The highest BCUT2D eigenvalue weighted by molar-refractivity contribution is 6.32. The molecule has 3 aromatic rings. The van der Waals surface area contributed by atoms with Crippen LogP contribution >= 0.6 is 11.6 Å². The molecule has 4 nitrogen and oxygen atoms in total. The Morgan fingerprint density at radius 3 is 2.76 bits per heavy atom. The van der Waals surface area contributed by atoms with Gasteiger partial charge < -0.3 is 14.6 Å². The van der Waals surface area contributed by atoms with Gasteiger partial charge in [0.2, 0.25) is 5.78 Å². The first-order valence-electron chi connectivity index (χ1n) is 7.61. The molecule has 0 atom stereocenters. The quantitative estimate of drug-likeness (QED) is 0.671. The number of hydrogen-bond donors (Lipinski definition) is 1. The molecule has 1 aliphatic rings. The van der Waals surface area contributed by atoms with E-state index in [1.165, 1.54) is 7.11 Å². The second-order valence-corrected chi connectivity index (χ2v) is 6.06. The van der Waals surface area contributed by atoms with E-state index in [-0.39, 0.29) is 28.1 Å². The first-order valence-corrected chi connectivity index (χ1v) is 7.99. The van der Waals surface area contributed by atoms with E-state index in [1.807, 2.05) is 30.3 Å². The SMILES string of the molecule is COc1cc(C=C2Oc3ccc4ccccc4c3C2=O)cc(Cl)c1O. The summed E-state index contributed by atoms with van der Waals surface area (Å²) in [4.78, 5) is 12.8. The monoisotopic (exact) mass is 352 g/mol. The summed E-state index contributed by atoms with van der Waals surface area (Å²) >= 11 is 6.00. The molecule has 5 heteroatoms. The predicted octanol–water partition coefficient (Wildman–Crippen LogP) is 4.82. The molecular formula is C20H13ClO4. The lowest BCUT2D eigenvalue weighted by Gasteiger charge is -2.06. The molecule has 0 aliphatic carbocycles. The molecule has 3 aromatic carbocycles. The van der Waals surface area contributed by atoms with Crippen LogP contribution in [0.5, 0.6) is 17.2 Å². The number of halogens is 1. The molecule has 1 N–H and O–H groups in total. The summed E-state index contributed by atoms with van der Waals surface area (Å²) < 4.78 is 10.8. The summed E-state index contributed by atoms with van der Waals surface area (Å²) in [5.74, 6) is 0.643. The summed E-state index contributed by atoms with van der Waals surface area (Å²) in [5.41, 5.74) is 1.15. The molecule has 0 fully saturated rings. The fourth-order valence-electron chi connectivity index (χ4n) is 2.94. The van der Waals surface area contributed by atoms with Crippen molar-refractivity contribution in [2.24, 2.45) is 0 Å². The second kappa shape index (κ2) is 5.83. The third kappa shape index (κ3) is 2.51. The molecular weight excluding hydrogens is 340 g/mol. The first-order chi connectivity index (χ1) is 12.1. The number of hydrogen-bond acceptors (Lipinski definition) is 4. The summed E-state index contributed by atoms with van der Waals surface area (Å²) in [5, 5.41) is 11.8. The van der Waals surface area contributed by atoms with Gasteiger partial charge in [-0.05, 0) is 40.6 Å². The Balaban J connectivity index is 1.81. The summed E-state index contributed by atoms with van der Waals surface area (Å²) in [6.07, 6.45) is 1.59. The minimum absolute atomic E-state index is 0.139. The number of Topliss-reactive ketones (excluding diaryl/α,β-unsaturated/α-hetero) is 1. The van der Waals surface area contributed by atoms with E-state index in [0.29, 0.717) is 16.9 Å². The van der Waals surface area contributed by atoms with E-state index in [1.54, 1.807) is 24.3 Å². The number of allylic oxidation sites excluding steroid dienone is 1. The van der Waals surface area contributed by atoms with Crippen LogP contribution in [0.3, 0.4) is 0 Å². The average Bonchev–Trinajstić information content (AvgIpc) is 2.94. The zero-order chi connectivity index (χ0) is 17.6. The predicted molar refractivity (Wildman–Crippen MR) is 96.6 cm³/mol. The highest BCUT2D eigenvalue weighted by Crippen LogP contribution is 2.39. The maximum absolute atomic E-state index is 12.8. The van der Waals surface area contributed by atoms with Gasteiger partial charge in [-0.1, -0.05) is 41.9 Å². The van der Waals surface area contributed by atoms with Gasteiger partial charge in [-0.15, -0.1) is 0 Å². The smallest absolute Gasteiger partial charge is 0.232 e. The third-order valence-corrected chi connectivity index (χ3v) is 4.42. The van der Waals surface area contributed by atoms with Gasteiger partial charge in [-0.2, -0.15) is 0 Å². The van der Waals surface area contributed by atoms with Gasteiger partial charge in [0.15, 0.2) is 17.3 Å². The Labute approximate surface area is 148 Å². The third-order valence-electron chi connectivity index (χ3n) is 4.13. The summed E-state index contributed by atoms with van der Waals surface area (Å²) in [6, 6.07) is 14.5. The van der Waals surface area contributed by atoms with Crippen molar-refractivity contribution in [3.63, 3.8) is 0 Å². The summed E-state index contributed by atoms with van der Waals surface area (Å²) in [7, 11) is 1.43. The molecule has 0 aromatic heterocycles. The Morgan fingerprint density at radius 2 is 1.96 bits per heavy atom. The number of rotatable bonds is 2. The normalized spacial score (nSPS) is 14.6. The first kappa shape index (κ1) is 15.5. The van der Waals surface area contributed by atoms with Crippen molar-refractivity contribution < 1.29 is 19.4 Å². The summed E-state index contributed by atoms with van der Waals surface area (Å²) in [6.45, 7) is 0. The van der Waals surface area contributed by atoms with Gasteiger partial charge in [0.25, 0.3) is 0 Å². The number of carbonyl (C=O) groups is 1. The fourth-order valence-corrected chi connectivity index (χ4v) is 3.16. The number of ketones is 1. The van der Waals surface area contributed by atoms with E-state index < -0.39 is 0 Å². The van der Waals surface area contributed by atoms with Crippen LogP contribution in [0.15, 0.2) is 54.3 Å². The van der Waals surface area contributed by atoms with Crippen molar-refractivity contribution in [1.82, 2.24) is 0 Å². The number of ether oxygens (including phenoxy) is 2. The number of fused-ring (bicyclic) bond motifs is 3. The van der Waals surface area contributed by atoms with Gasteiger partial charge in [-0.25, -0.2) is 0 Å². The van der Waals surface area contributed by atoms with Crippen LogP contribution in [-0.2, 0) is 0 Å². The van der Waals surface area contributed by atoms with E-state index in [0.717, 1.165) is 10.8 Å². The van der Waals surface area contributed by atoms with Crippen molar-refractivity contribution in [1.29, 1.82) is 0 Å². The van der Waals surface area contributed by atoms with Gasteiger partial charge in [0, 0.05) is 0 Å². The van der Waals surface area contributed by atoms with Crippen LogP contribution in [-0.4, -0.2) is 18.0 Å². The number of phenolic OH excluding ortho intramolecular Hbond substituents is 1. The minimum Gasteiger partial charge on any atom is -0.503 e. The Kier molecular flexibility index (Phi) is 3.62. The Hall–Kier alpha value is -2.98. The molecule has 0 unspecified atom stereocenters. The van der Waals surface area contributed by atoms with Crippen molar-refractivity contribution in [3.05, 3.63) is 70.4 Å². The van der Waals surface area contributed by atoms with Crippen LogP contribution in [0.4, 0.5) is 0 Å². The zero-order valence-corrected chi connectivity index (χ0v) is 14.0. The van der Waals surface area contributed by atoms with E-state index in [2.05, 4.69) is 0 Å². The topological polar surface area (TPSA) is 55.8 Å². The molecule has 0 saturated carbocycles. The van der Waals surface area contributed by atoms with Gasteiger partial charge >= 0.3 is 0 Å². The Morgan fingerprint density at radius 1 is 1.16 bits per heavy atom. The van der Waals surface area contributed by atoms with Gasteiger partial charge in [-0.3, -0.25) is 4.79 Å². The maximum Gasteiger partial charge on any atom is 0.232 e. The molecule has 124 valence electrons. The highest BCUT2D eigenvalue weighted by Gasteiger charge is 2.29. The molecule has 0 spiro atoms. The molecule has 4 rings (SSSR count). The standard InChI is InChI=1S/C20H13ClO4/c1-24-16-9-11(8-14(21)19(16)22)10-17-20(23)18-13-5-3-2-4-12(13)6-7-15(18)25-17/h2-10,22H,1H3. The zero-order valence-electron chi connectivity index (χ0n) is 13.2. The van der Waals surface area contributed by atoms with Crippen LogP contribution in [0.1, 0.15) is 15.9 Å². The molecule has 25 heavy (non-hydrogen) atoms. The molecule has 0 saturated heterocycles. The van der Waals surface area contributed by atoms with Crippen molar-refractivity contribution in [2.75, 3.05) is 7.11 Å². The van der Waals surface area contributed by atoms with Crippen molar-refractivity contribution in [2.45, 2.75) is 0 Å². The number of benzene rings is 3. The molecule has 0 bridgehead atoms. The van der Waals surface area contributed by atoms with Gasteiger partial charge in [0.1, 0.15) is 5.75 Å². The van der Waals surface area contributed by atoms with E-state index >= 15 is 0 Å². The lowest BCUT2D eigenvalue weighted by molar-refractivity contribution is 0.101. The van der Waals surface area contributed by atoms with Crippen molar-refractivity contribution >= 4 is 34.2 Å². The maximum atomic E-state index is 12.8. The average molecular weight is 353 g/mol. The lowest BCUT2D eigenvalue weighted by Crippen LogP contribution is -1.99.